The first-order valence-corrected chi connectivity index (χ1v) is 9.49. The Labute approximate surface area is 127 Å². The van der Waals surface area contributed by atoms with E-state index in [1.807, 2.05) is 13.2 Å². The molecule has 1 rings (SSSR count). The first-order valence-electron chi connectivity index (χ1n) is 5.82. The van der Waals surface area contributed by atoms with E-state index in [0.29, 0.717) is 22.3 Å². The molecule has 7 heteroatoms. The summed E-state index contributed by atoms with van der Waals surface area (Å²) >= 11 is 4.99. The number of nitrogen functional groups attached to an aromatic ring is 1. The highest BCUT2D eigenvalue weighted by molar-refractivity contribution is 9.10. The van der Waals surface area contributed by atoms with E-state index in [9.17, 15) is 8.42 Å². The van der Waals surface area contributed by atoms with Gasteiger partial charge in [0.2, 0.25) is 10.0 Å². The number of hydrogen-bond acceptors (Lipinski definition) is 4. The van der Waals surface area contributed by atoms with Crippen LogP contribution in [-0.4, -0.2) is 27.0 Å². The van der Waals surface area contributed by atoms with Crippen LogP contribution in [0.3, 0.4) is 0 Å². The summed E-state index contributed by atoms with van der Waals surface area (Å²) in [5, 5.41) is 0. The monoisotopic (exact) mass is 366 g/mol. The lowest BCUT2D eigenvalue weighted by atomic mass is 10.2. The molecule has 1 unspecified atom stereocenters. The van der Waals surface area contributed by atoms with Crippen molar-refractivity contribution < 1.29 is 8.42 Å². The Morgan fingerprint density at radius 2 is 2.11 bits per heavy atom. The molecule has 1 atom stereocenters. The third-order valence-corrected chi connectivity index (χ3v) is 5.81. The standard InChI is InChI=1S/C12H19BrN2O2S2/c1-8(7-18-3)6-15-19(16,17)12-5-11(14)10(13)4-9(12)2/h4-5,8,15H,6-7,14H2,1-3H3. The van der Waals surface area contributed by atoms with Crippen LogP contribution in [0.25, 0.3) is 0 Å². The Kier molecular flexibility index (Phi) is 6.16. The molecule has 0 spiro atoms. The smallest absolute Gasteiger partial charge is 0.240 e. The van der Waals surface area contributed by atoms with E-state index in [-0.39, 0.29) is 10.8 Å². The molecule has 1 aromatic rings. The summed E-state index contributed by atoms with van der Waals surface area (Å²) in [6, 6.07) is 3.20. The predicted molar refractivity (Wildman–Crippen MR) is 86.0 cm³/mol. The maximum atomic E-state index is 12.2. The van der Waals surface area contributed by atoms with Gasteiger partial charge in [-0.3, -0.25) is 0 Å². The van der Waals surface area contributed by atoms with Gasteiger partial charge in [0.05, 0.1) is 4.90 Å². The third kappa shape index (κ3) is 4.66. The normalized spacial score (nSPS) is 13.5. The number of aryl methyl sites for hydroxylation is 1. The number of rotatable bonds is 6. The van der Waals surface area contributed by atoms with Crippen LogP contribution in [0.2, 0.25) is 0 Å². The first kappa shape index (κ1) is 16.8. The zero-order chi connectivity index (χ0) is 14.6. The van der Waals surface area contributed by atoms with Gasteiger partial charge < -0.3 is 5.73 Å². The number of benzene rings is 1. The molecule has 0 bridgehead atoms. The fourth-order valence-electron chi connectivity index (χ4n) is 1.63. The van der Waals surface area contributed by atoms with Crippen LogP contribution in [0.15, 0.2) is 21.5 Å². The number of sulfonamides is 1. The van der Waals surface area contributed by atoms with E-state index < -0.39 is 10.0 Å². The molecule has 0 saturated carbocycles. The van der Waals surface area contributed by atoms with Crippen LogP contribution >= 0.6 is 27.7 Å². The van der Waals surface area contributed by atoms with Gasteiger partial charge in [-0.15, -0.1) is 0 Å². The molecule has 0 radical (unpaired) electrons. The van der Waals surface area contributed by atoms with Gasteiger partial charge in [0.25, 0.3) is 0 Å². The minimum atomic E-state index is -3.50. The summed E-state index contributed by atoms with van der Waals surface area (Å²) in [7, 11) is -3.50. The summed E-state index contributed by atoms with van der Waals surface area (Å²) in [6.45, 7) is 4.20. The number of hydrogen-bond donors (Lipinski definition) is 2. The van der Waals surface area contributed by atoms with Gasteiger partial charge in [0.15, 0.2) is 0 Å². The zero-order valence-corrected chi connectivity index (χ0v) is 14.5. The SMILES string of the molecule is CSCC(C)CNS(=O)(=O)c1cc(N)c(Br)cc1C. The van der Waals surface area contributed by atoms with Gasteiger partial charge >= 0.3 is 0 Å². The fraction of sp³-hybridized carbons (Fsp3) is 0.500. The molecule has 0 saturated heterocycles. The van der Waals surface area contributed by atoms with E-state index in [4.69, 9.17) is 5.73 Å². The average molecular weight is 367 g/mol. The Balaban J connectivity index is 2.92. The Morgan fingerprint density at radius 3 is 2.68 bits per heavy atom. The van der Waals surface area contributed by atoms with Gasteiger partial charge in [-0.2, -0.15) is 11.8 Å². The van der Waals surface area contributed by atoms with Crippen LogP contribution in [0, 0.1) is 12.8 Å². The molecule has 3 N–H and O–H groups in total. The Morgan fingerprint density at radius 1 is 1.47 bits per heavy atom. The molecular formula is C12H19BrN2O2S2. The average Bonchev–Trinajstić information content (AvgIpc) is 2.31. The summed E-state index contributed by atoms with van der Waals surface area (Å²) < 4.78 is 27.8. The van der Waals surface area contributed by atoms with Crippen molar-refractivity contribution in [3.05, 3.63) is 22.2 Å². The van der Waals surface area contributed by atoms with E-state index in [2.05, 4.69) is 20.7 Å². The van der Waals surface area contributed by atoms with E-state index in [1.54, 1.807) is 24.8 Å². The van der Waals surface area contributed by atoms with Gasteiger partial charge in [0, 0.05) is 16.7 Å². The maximum Gasteiger partial charge on any atom is 0.240 e. The Bertz CT molecular complexity index is 547. The second-order valence-electron chi connectivity index (χ2n) is 4.55. The summed E-state index contributed by atoms with van der Waals surface area (Å²) in [6.07, 6.45) is 2.00. The molecule has 0 heterocycles. The quantitative estimate of drug-likeness (QED) is 0.759. The molecule has 0 aliphatic rings. The lowest BCUT2D eigenvalue weighted by Crippen LogP contribution is -2.29. The number of halogens is 1. The van der Waals surface area contributed by atoms with Crippen molar-refractivity contribution in [3.8, 4) is 0 Å². The molecule has 1 aromatic carbocycles. The molecule has 4 nitrogen and oxygen atoms in total. The van der Waals surface area contributed by atoms with E-state index in [1.165, 1.54) is 6.07 Å². The third-order valence-electron chi connectivity index (χ3n) is 2.66. The summed E-state index contributed by atoms with van der Waals surface area (Å²) in [5.41, 5.74) is 6.84. The van der Waals surface area contributed by atoms with Crippen molar-refractivity contribution in [1.29, 1.82) is 0 Å². The number of anilines is 1. The van der Waals surface area contributed by atoms with Crippen molar-refractivity contribution in [2.24, 2.45) is 5.92 Å². The highest BCUT2D eigenvalue weighted by atomic mass is 79.9. The van der Waals surface area contributed by atoms with Crippen LogP contribution in [0.4, 0.5) is 5.69 Å². The highest BCUT2D eigenvalue weighted by Gasteiger charge is 2.18. The molecule has 0 aliphatic heterocycles. The first-order chi connectivity index (χ1) is 8.77. The molecule has 108 valence electrons. The number of thioether (sulfide) groups is 1. The topological polar surface area (TPSA) is 72.2 Å². The molecule has 0 fully saturated rings. The van der Waals surface area contributed by atoms with Crippen molar-refractivity contribution >= 4 is 43.4 Å². The largest absolute Gasteiger partial charge is 0.398 e. The van der Waals surface area contributed by atoms with Gasteiger partial charge in [-0.25, -0.2) is 13.1 Å². The van der Waals surface area contributed by atoms with Gasteiger partial charge in [0.1, 0.15) is 0 Å². The van der Waals surface area contributed by atoms with Gasteiger partial charge in [-0.1, -0.05) is 6.92 Å². The van der Waals surface area contributed by atoms with Crippen molar-refractivity contribution in [3.63, 3.8) is 0 Å². The fourth-order valence-corrected chi connectivity index (χ4v) is 4.20. The van der Waals surface area contributed by atoms with Crippen LogP contribution in [0.5, 0.6) is 0 Å². The van der Waals surface area contributed by atoms with E-state index >= 15 is 0 Å². The van der Waals surface area contributed by atoms with Crippen LogP contribution < -0.4 is 10.5 Å². The minimum absolute atomic E-state index is 0.240. The summed E-state index contributed by atoms with van der Waals surface area (Å²) in [4.78, 5) is 0.240. The molecular weight excluding hydrogens is 348 g/mol. The maximum absolute atomic E-state index is 12.2. The lowest BCUT2D eigenvalue weighted by Gasteiger charge is -2.14. The van der Waals surface area contributed by atoms with Crippen molar-refractivity contribution in [2.45, 2.75) is 18.7 Å². The molecule has 0 aliphatic carbocycles. The van der Waals surface area contributed by atoms with Crippen LogP contribution in [-0.2, 0) is 10.0 Å². The predicted octanol–water partition coefficient (Wildman–Crippen LogP) is 2.62. The zero-order valence-electron chi connectivity index (χ0n) is 11.2. The molecule has 0 amide bonds. The van der Waals surface area contributed by atoms with Gasteiger partial charge in [-0.05, 0) is 58.5 Å². The second-order valence-corrected chi connectivity index (χ2v) is 8.05. The Hall–Kier alpha value is -0.240. The van der Waals surface area contributed by atoms with Crippen molar-refractivity contribution in [1.82, 2.24) is 4.72 Å². The number of nitrogens with one attached hydrogen (secondary N) is 1. The minimum Gasteiger partial charge on any atom is -0.398 e. The lowest BCUT2D eigenvalue weighted by molar-refractivity contribution is 0.562. The second kappa shape index (κ2) is 6.97. The van der Waals surface area contributed by atoms with E-state index in [0.717, 1.165) is 5.75 Å². The van der Waals surface area contributed by atoms with Crippen molar-refractivity contribution in [2.75, 3.05) is 24.3 Å². The van der Waals surface area contributed by atoms with Crippen LogP contribution in [0.1, 0.15) is 12.5 Å². The summed E-state index contributed by atoms with van der Waals surface area (Å²) in [5.74, 6) is 1.21. The highest BCUT2D eigenvalue weighted by Crippen LogP contribution is 2.26. The molecule has 19 heavy (non-hydrogen) atoms. The molecule has 0 aromatic heterocycles. The number of nitrogens with two attached hydrogens (primary N) is 1.